The summed E-state index contributed by atoms with van der Waals surface area (Å²) in [5, 5.41) is -1.08. The quantitative estimate of drug-likeness (QED) is 0.0171. The van der Waals surface area contributed by atoms with E-state index in [0.717, 1.165) is 50.3 Å². The maximum Gasteiger partial charge on any atom is 0.320 e. The molecule has 11 aromatic carbocycles. The molecule has 34 heteroatoms. The number of hydrogen-bond acceptors (Lipinski definition) is 24. The topological polar surface area (TPSA) is 367 Å². The van der Waals surface area contributed by atoms with Crippen molar-refractivity contribution >= 4 is 113 Å². The molecular weight excluding hydrogens is 1920 g/mol. The number of hydrogen-bond donors (Lipinski definition) is 0. The van der Waals surface area contributed by atoms with Crippen LogP contribution in [0.2, 0.25) is 0 Å². The Balaban J connectivity index is 0.000000113. The Morgan fingerprint density at radius 2 is 0.737 bits per heavy atom. The Bertz CT molecular complexity index is 6390. The number of alkyl halides is 2. The fourth-order valence-electron chi connectivity index (χ4n) is 21.8. The molecule has 6 saturated carbocycles. The van der Waals surface area contributed by atoms with E-state index in [0.29, 0.717) is 41.9 Å². The van der Waals surface area contributed by atoms with Gasteiger partial charge in [0.1, 0.15) is 89.1 Å². The molecule has 712 valence electrons. The molecule has 11 aromatic rings. The summed E-state index contributed by atoms with van der Waals surface area (Å²) in [5.41, 5.74) is 3.91. The molecule has 3 saturated heterocycles. The highest BCUT2D eigenvalue weighted by molar-refractivity contribution is 8.00. The standard InChI is InChI=1S/C31H30F2O6.C18H13O2S2.2C18H15S.2C9H12O8S2/c1-31(32,33)11-6-12-37-29(35)24-22-16-7-2-4-9-18(16)23(19-10-5-3-8-17(19)22)25(24)30(36)38-26-15-13-20-21(14-15)28(34)39-27(20)26;19-22(20)17-12-6-4-10-15(17)21(14-8-2-1-3-9-14)16-11-5-7-13-18(16)22;2*1-4-10-16(11-5-1)19(17-12-6-2-7-13-17)18-14-8-3-9-15-18;2*10-7(3-18(11,12)13)16-8-4-1-5-6(2-4)19(14,15)17-9(5)8/h2-5,7-10,15,20-27H,6,11-14H2,1H3;1-13H;2*1-15H;2*4-6,8-9H,1-3H2,(H,11,12,13)/q;3*+1;;/p-2. The van der Waals surface area contributed by atoms with Gasteiger partial charge < -0.3 is 32.8 Å². The zero-order valence-corrected chi connectivity index (χ0v) is 80.0. The number of halogens is 2. The number of carbonyl (C=O) groups is 5. The van der Waals surface area contributed by atoms with Gasteiger partial charge in [-0.2, -0.15) is 16.8 Å². The van der Waals surface area contributed by atoms with Gasteiger partial charge in [-0.1, -0.05) is 200 Å². The molecule has 0 spiro atoms. The van der Waals surface area contributed by atoms with Gasteiger partial charge in [0.05, 0.1) is 56.7 Å². The molecule has 0 radical (unpaired) electrons. The first-order valence-corrected chi connectivity index (χ1v) is 56.2. The lowest BCUT2D eigenvalue weighted by atomic mass is 9.54. The van der Waals surface area contributed by atoms with E-state index < -0.39 is 162 Å². The predicted octanol–water partition coefficient (Wildman–Crippen LogP) is 15.6. The van der Waals surface area contributed by atoms with Gasteiger partial charge in [-0.15, -0.1) is 0 Å². The number of carbonyl (C=O) groups excluding carboxylic acids is 5. The van der Waals surface area contributed by atoms with Crippen LogP contribution in [-0.2, 0) is 139 Å². The van der Waals surface area contributed by atoms with Crippen LogP contribution < -0.4 is 0 Å². The van der Waals surface area contributed by atoms with Gasteiger partial charge >= 0.3 is 29.8 Å². The molecule has 17 atom stereocenters. The lowest BCUT2D eigenvalue weighted by Crippen LogP contribution is -2.49. The molecule has 0 N–H and O–H groups in total. The van der Waals surface area contributed by atoms with Crippen molar-refractivity contribution in [1.29, 1.82) is 0 Å². The third-order valence-corrected chi connectivity index (χ3v) is 40.8. The molecule has 24 rings (SSSR count). The van der Waals surface area contributed by atoms with E-state index >= 15 is 0 Å². The van der Waals surface area contributed by atoms with Crippen molar-refractivity contribution in [3.8, 4) is 0 Å². The molecule has 4 heterocycles. The Kier molecular flexibility index (Phi) is 28.1. The molecule has 9 fully saturated rings. The van der Waals surface area contributed by atoms with Crippen LogP contribution in [0.4, 0.5) is 8.78 Å². The molecule has 137 heavy (non-hydrogen) atoms. The zero-order valence-electron chi connectivity index (χ0n) is 73.5. The fraction of sp³-hybridized carbons (Fsp3) is 0.311. The van der Waals surface area contributed by atoms with Gasteiger partial charge in [0, 0.05) is 53.8 Å². The first-order valence-electron chi connectivity index (χ1n) is 44.9. The van der Waals surface area contributed by atoms with E-state index in [4.69, 9.17) is 32.1 Å². The van der Waals surface area contributed by atoms with Crippen LogP contribution in [0.25, 0.3) is 0 Å². The Morgan fingerprint density at radius 1 is 0.416 bits per heavy atom. The maximum absolute atomic E-state index is 14.1. The molecule has 9 aliphatic carbocycles. The monoisotopic (exact) mass is 2010 g/mol. The number of rotatable bonds is 20. The second-order valence-electron chi connectivity index (χ2n) is 35.7. The van der Waals surface area contributed by atoms with Crippen LogP contribution in [0.1, 0.15) is 92.4 Å². The summed E-state index contributed by atoms with van der Waals surface area (Å²) in [6.07, 6.45) is -0.976. The van der Waals surface area contributed by atoms with E-state index in [9.17, 15) is 83.9 Å². The summed E-state index contributed by atoms with van der Waals surface area (Å²) >= 11 is 0. The van der Waals surface area contributed by atoms with E-state index in [2.05, 4.69) is 194 Å². The zero-order chi connectivity index (χ0) is 96.0. The second-order valence-corrected chi connectivity index (χ2v) is 50.0. The van der Waals surface area contributed by atoms with Crippen LogP contribution in [0, 0.1) is 53.3 Å². The highest BCUT2D eigenvalue weighted by atomic mass is 32.2. The Hall–Kier alpha value is -10.7. The minimum Gasteiger partial charge on any atom is -0.748 e. The number of ether oxygens (including phenoxy) is 5. The highest BCUT2D eigenvalue weighted by Crippen LogP contribution is 2.62. The average molecular weight is 2010 g/mol. The van der Waals surface area contributed by atoms with E-state index in [1.807, 2.05) is 91.0 Å². The van der Waals surface area contributed by atoms with Crippen molar-refractivity contribution in [2.75, 3.05) is 18.1 Å². The SMILES string of the molecule is CC(F)(F)CCCOC(=O)C1C2c3ccccc3C(c3ccccc32)C1C(=O)OC1C2CC3C(=O)OC1C3C2.O=C(CS(=O)(=O)[O-])OC1C2CC3C1OS(=O)(=O)C3C2.O=C(CS(=O)(=O)[O-])OC1C2CC3C1OS(=O)(=O)C3C2.O=S1(=O)c2ccccc2[S+](c2ccccc2)c2ccccc21.c1ccc([S+](c2ccccc2)c2ccccc2)cc1.c1ccc([S+](c2ccccc2)c2ccccc2)cc1. The first kappa shape index (κ1) is 96.5. The average Bonchev–Trinajstić information content (AvgIpc) is 1.39. The lowest BCUT2D eigenvalue weighted by molar-refractivity contribution is -0.173. The minimum atomic E-state index is -4.70. The minimum absolute atomic E-state index is 0.0146. The van der Waals surface area contributed by atoms with Crippen LogP contribution >= 0.6 is 0 Å². The maximum atomic E-state index is 14.1. The van der Waals surface area contributed by atoms with Crippen molar-refractivity contribution in [3.63, 3.8) is 0 Å². The molecule has 8 bridgehead atoms. The summed E-state index contributed by atoms with van der Waals surface area (Å²) in [5.74, 6) is -12.1. The number of fused-ring (bicyclic) bond motifs is 6. The van der Waals surface area contributed by atoms with Crippen LogP contribution in [0.15, 0.2) is 363 Å². The normalized spacial score (nSPS) is 27.2. The molecular formula is C103H95F2O24S8+. The number of benzene rings is 11. The number of sulfone groups is 1. The van der Waals surface area contributed by atoms with Crippen molar-refractivity contribution < 1.29 is 116 Å². The largest absolute Gasteiger partial charge is 0.748 e. The van der Waals surface area contributed by atoms with E-state index in [1.54, 1.807) is 24.3 Å². The van der Waals surface area contributed by atoms with Crippen molar-refractivity contribution in [2.45, 2.75) is 177 Å². The molecule has 13 aliphatic rings. The van der Waals surface area contributed by atoms with Crippen molar-refractivity contribution in [3.05, 3.63) is 332 Å². The van der Waals surface area contributed by atoms with Gasteiger partial charge in [0.2, 0.25) is 15.8 Å². The van der Waals surface area contributed by atoms with Crippen molar-refractivity contribution in [1.82, 2.24) is 0 Å². The third-order valence-electron chi connectivity index (χ3n) is 27.2. The van der Waals surface area contributed by atoms with E-state index in [-0.39, 0.29) is 99.5 Å². The molecule has 0 aromatic heterocycles. The fourth-order valence-corrected chi connectivity index (χ4v) is 35.2. The summed E-state index contributed by atoms with van der Waals surface area (Å²) < 4.78 is 199. The first-order chi connectivity index (χ1) is 65.7. The highest BCUT2D eigenvalue weighted by Gasteiger charge is 2.68. The molecule has 24 nitrogen and oxygen atoms in total. The van der Waals surface area contributed by atoms with Gasteiger partial charge in [0.25, 0.3) is 20.2 Å². The van der Waals surface area contributed by atoms with Crippen molar-refractivity contribution in [2.24, 2.45) is 53.3 Å². The third kappa shape index (κ3) is 20.4. The van der Waals surface area contributed by atoms with Crippen LogP contribution in [0.5, 0.6) is 0 Å². The summed E-state index contributed by atoms with van der Waals surface area (Å²) in [6.45, 7) is 0.696. The smallest absolute Gasteiger partial charge is 0.320 e. The molecule has 0 amide bonds. The van der Waals surface area contributed by atoms with E-state index in [1.165, 1.54) is 29.4 Å². The van der Waals surface area contributed by atoms with Gasteiger partial charge in [0.15, 0.2) is 44.1 Å². The molecule has 17 unspecified atom stereocenters. The Morgan fingerprint density at radius 3 is 1.10 bits per heavy atom. The predicted molar refractivity (Wildman–Crippen MR) is 500 cm³/mol. The Labute approximate surface area is 802 Å². The van der Waals surface area contributed by atoms with Gasteiger partial charge in [-0.05, 0) is 183 Å². The lowest BCUT2D eigenvalue weighted by Gasteiger charge is -2.48. The van der Waals surface area contributed by atoms with Gasteiger partial charge in [-0.3, -0.25) is 32.3 Å². The van der Waals surface area contributed by atoms with Crippen LogP contribution in [-0.4, -0.2) is 152 Å². The molecule has 4 aliphatic heterocycles. The van der Waals surface area contributed by atoms with Crippen LogP contribution in [0.3, 0.4) is 0 Å². The summed E-state index contributed by atoms with van der Waals surface area (Å²) in [6, 6.07) is 105. The number of esters is 5. The summed E-state index contributed by atoms with van der Waals surface area (Å²) in [4.78, 5) is 74.6. The van der Waals surface area contributed by atoms with Gasteiger partial charge in [-0.25, -0.2) is 34.0 Å². The summed E-state index contributed by atoms with van der Waals surface area (Å²) in [7, 11) is -20.5. The second kappa shape index (κ2) is 39.9.